The molecule has 1 fully saturated rings. The summed E-state index contributed by atoms with van der Waals surface area (Å²) in [5.41, 5.74) is 1.42. The summed E-state index contributed by atoms with van der Waals surface area (Å²) in [6.45, 7) is 6.69. The van der Waals surface area contributed by atoms with Crippen LogP contribution >= 0.6 is 0 Å². The van der Waals surface area contributed by atoms with Gasteiger partial charge in [0.25, 0.3) is 0 Å². The van der Waals surface area contributed by atoms with Crippen LogP contribution in [0.3, 0.4) is 0 Å². The van der Waals surface area contributed by atoms with Crippen molar-refractivity contribution in [2.75, 3.05) is 27.2 Å². The Morgan fingerprint density at radius 3 is 2.75 bits per heavy atom. The fourth-order valence-corrected chi connectivity index (χ4v) is 2.66. The first kappa shape index (κ1) is 15.3. The smallest absolute Gasteiger partial charge is 0.119 e. The summed E-state index contributed by atoms with van der Waals surface area (Å²) in [6.07, 6.45) is 2.50. The van der Waals surface area contributed by atoms with Crippen LogP contribution in [0.2, 0.25) is 0 Å². The quantitative estimate of drug-likeness (QED) is 0.829. The van der Waals surface area contributed by atoms with Crippen molar-refractivity contribution in [2.24, 2.45) is 0 Å². The Bertz CT molecular complexity index is 413. The molecule has 3 heteroatoms. The minimum atomic E-state index is 0.628. The molecule has 0 aromatic heterocycles. The summed E-state index contributed by atoms with van der Waals surface area (Å²) < 4.78 is 5.29. The molecule has 1 aromatic rings. The number of hydrogen-bond acceptors (Lipinski definition) is 3. The molecule has 0 bridgehead atoms. The highest BCUT2D eigenvalue weighted by atomic mass is 16.5. The first-order valence-electron chi connectivity index (χ1n) is 7.67. The summed E-state index contributed by atoms with van der Waals surface area (Å²) in [7, 11) is 3.92. The molecule has 0 spiro atoms. The molecule has 0 radical (unpaired) electrons. The molecule has 1 saturated carbocycles. The van der Waals surface area contributed by atoms with Gasteiger partial charge in [-0.3, -0.25) is 0 Å². The van der Waals surface area contributed by atoms with E-state index in [1.165, 1.54) is 18.4 Å². The first-order chi connectivity index (χ1) is 9.60. The van der Waals surface area contributed by atoms with Gasteiger partial charge in [-0.05, 0) is 57.4 Å². The maximum atomic E-state index is 5.29. The minimum absolute atomic E-state index is 0.628. The topological polar surface area (TPSA) is 24.5 Å². The molecule has 1 aromatic carbocycles. The lowest BCUT2D eigenvalue weighted by atomic mass is 9.76. The third-order valence-electron chi connectivity index (χ3n) is 4.48. The van der Waals surface area contributed by atoms with E-state index in [0.29, 0.717) is 18.0 Å². The van der Waals surface area contributed by atoms with Crippen LogP contribution in [0.15, 0.2) is 24.3 Å². The molecular weight excluding hydrogens is 248 g/mol. The van der Waals surface area contributed by atoms with Crippen LogP contribution in [0.25, 0.3) is 0 Å². The van der Waals surface area contributed by atoms with E-state index in [2.05, 4.69) is 49.3 Å². The summed E-state index contributed by atoms with van der Waals surface area (Å²) in [5.74, 6) is 1.67. The van der Waals surface area contributed by atoms with Gasteiger partial charge in [0.1, 0.15) is 5.75 Å². The van der Waals surface area contributed by atoms with E-state index in [1.54, 1.807) is 7.11 Å². The van der Waals surface area contributed by atoms with Gasteiger partial charge in [-0.2, -0.15) is 0 Å². The zero-order chi connectivity index (χ0) is 14.5. The summed E-state index contributed by atoms with van der Waals surface area (Å²) in [6, 6.07) is 9.81. The Hall–Kier alpha value is -1.06. The Kier molecular flexibility index (Phi) is 5.44. The summed E-state index contributed by atoms with van der Waals surface area (Å²) in [5, 5.41) is 3.66. The third-order valence-corrected chi connectivity index (χ3v) is 4.48. The molecule has 0 unspecified atom stereocenters. The lowest BCUT2D eigenvalue weighted by Gasteiger charge is -2.37. The third kappa shape index (κ3) is 3.97. The first-order valence-corrected chi connectivity index (χ1v) is 7.67. The lowest BCUT2D eigenvalue weighted by molar-refractivity contribution is 0.242. The van der Waals surface area contributed by atoms with Crippen molar-refractivity contribution in [1.82, 2.24) is 10.2 Å². The van der Waals surface area contributed by atoms with E-state index >= 15 is 0 Å². The number of hydrogen-bond donors (Lipinski definition) is 1. The van der Waals surface area contributed by atoms with Crippen LogP contribution in [0, 0.1) is 0 Å². The van der Waals surface area contributed by atoms with Crippen LogP contribution in [0.1, 0.15) is 38.2 Å². The highest BCUT2D eigenvalue weighted by molar-refractivity contribution is 5.32. The van der Waals surface area contributed by atoms with Crippen LogP contribution in [-0.2, 0) is 0 Å². The molecule has 1 aliphatic carbocycles. The van der Waals surface area contributed by atoms with E-state index in [-0.39, 0.29) is 0 Å². The van der Waals surface area contributed by atoms with Crippen LogP contribution in [0.4, 0.5) is 0 Å². The van der Waals surface area contributed by atoms with E-state index in [9.17, 15) is 0 Å². The summed E-state index contributed by atoms with van der Waals surface area (Å²) >= 11 is 0. The molecule has 0 amide bonds. The Balaban J connectivity index is 1.69. The van der Waals surface area contributed by atoms with Crippen molar-refractivity contribution in [2.45, 2.75) is 44.7 Å². The zero-order valence-corrected chi connectivity index (χ0v) is 13.2. The van der Waals surface area contributed by atoms with E-state index in [4.69, 9.17) is 4.74 Å². The zero-order valence-electron chi connectivity index (χ0n) is 13.2. The molecule has 20 heavy (non-hydrogen) atoms. The van der Waals surface area contributed by atoms with Gasteiger partial charge in [0.15, 0.2) is 0 Å². The van der Waals surface area contributed by atoms with Gasteiger partial charge < -0.3 is 15.0 Å². The average molecular weight is 276 g/mol. The van der Waals surface area contributed by atoms with Crippen molar-refractivity contribution >= 4 is 0 Å². The fraction of sp³-hybridized carbons (Fsp3) is 0.647. The molecule has 0 atom stereocenters. The van der Waals surface area contributed by atoms with Crippen LogP contribution < -0.4 is 10.1 Å². The van der Waals surface area contributed by atoms with E-state index < -0.39 is 0 Å². The monoisotopic (exact) mass is 276 g/mol. The number of likely N-dealkylation sites (N-methyl/N-ethyl adjacent to an activating group) is 1. The van der Waals surface area contributed by atoms with Crippen molar-refractivity contribution < 1.29 is 4.74 Å². The Labute approximate surface area is 123 Å². The molecule has 3 nitrogen and oxygen atoms in total. The van der Waals surface area contributed by atoms with Crippen LogP contribution in [0.5, 0.6) is 5.75 Å². The van der Waals surface area contributed by atoms with Gasteiger partial charge in [0, 0.05) is 25.2 Å². The highest BCUT2D eigenvalue weighted by Gasteiger charge is 2.29. The predicted octanol–water partition coefficient (Wildman–Crippen LogP) is 2.87. The second-order valence-corrected chi connectivity index (χ2v) is 6.17. The van der Waals surface area contributed by atoms with Crippen LogP contribution in [-0.4, -0.2) is 44.2 Å². The molecule has 2 rings (SSSR count). The molecule has 0 saturated heterocycles. The molecule has 1 aliphatic rings. The largest absolute Gasteiger partial charge is 0.497 e. The maximum absolute atomic E-state index is 5.29. The molecule has 112 valence electrons. The van der Waals surface area contributed by atoms with E-state index in [0.717, 1.165) is 18.8 Å². The summed E-state index contributed by atoms with van der Waals surface area (Å²) in [4.78, 5) is 2.38. The van der Waals surface area contributed by atoms with Gasteiger partial charge in [-0.1, -0.05) is 12.1 Å². The lowest BCUT2D eigenvalue weighted by Crippen LogP contribution is -2.43. The number of benzene rings is 1. The maximum Gasteiger partial charge on any atom is 0.119 e. The fourth-order valence-electron chi connectivity index (χ4n) is 2.66. The number of nitrogens with zero attached hydrogens (tertiary/aromatic N) is 1. The molecule has 0 aliphatic heterocycles. The number of rotatable bonds is 7. The van der Waals surface area contributed by atoms with Gasteiger partial charge in [0.2, 0.25) is 0 Å². The highest BCUT2D eigenvalue weighted by Crippen LogP contribution is 2.37. The van der Waals surface area contributed by atoms with Crippen molar-refractivity contribution in [3.05, 3.63) is 29.8 Å². The Morgan fingerprint density at radius 1 is 1.35 bits per heavy atom. The van der Waals surface area contributed by atoms with Gasteiger partial charge in [-0.25, -0.2) is 0 Å². The number of ether oxygens (including phenoxy) is 1. The second-order valence-electron chi connectivity index (χ2n) is 6.17. The minimum Gasteiger partial charge on any atom is -0.497 e. The normalized spacial score (nSPS) is 22.1. The predicted molar refractivity (Wildman–Crippen MR) is 84.5 cm³/mol. The van der Waals surface area contributed by atoms with E-state index in [1.807, 2.05) is 6.07 Å². The van der Waals surface area contributed by atoms with Gasteiger partial charge >= 0.3 is 0 Å². The molecule has 0 heterocycles. The molecule has 1 N–H and O–H groups in total. The standard InChI is InChI=1S/C17H28N2O/c1-13(2)19(3)9-8-18-16-10-15(11-16)14-6-5-7-17(12-14)20-4/h5-7,12-13,15-16,18H,8-11H2,1-4H3. The Morgan fingerprint density at radius 2 is 2.10 bits per heavy atom. The second kappa shape index (κ2) is 7.09. The van der Waals surface area contributed by atoms with Crippen molar-refractivity contribution in [3.63, 3.8) is 0 Å². The van der Waals surface area contributed by atoms with Crippen molar-refractivity contribution in [3.8, 4) is 5.75 Å². The molecular formula is C17H28N2O. The van der Waals surface area contributed by atoms with Crippen molar-refractivity contribution in [1.29, 1.82) is 0 Å². The SMILES string of the molecule is COc1cccc(C2CC(NCCN(C)C(C)C)C2)c1. The number of methoxy groups -OCH3 is 1. The average Bonchev–Trinajstić information content (AvgIpc) is 2.40. The number of nitrogens with one attached hydrogen (secondary N) is 1. The van der Waals surface area contributed by atoms with Gasteiger partial charge in [0.05, 0.1) is 7.11 Å². The van der Waals surface area contributed by atoms with Gasteiger partial charge in [-0.15, -0.1) is 0 Å².